The monoisotopic (exact) mass is 319 g/mol. The van der Waals surface area contributed by atoms with E-state index >= 15 is 0 Å². The summed E-state index contributed by atoms with van der Waals surface area (Å²) in [6.45, 7) is 0.476. The molecule has 0 N–H and O–H groups in total. The molecule has 3 aromatic rings. The van der Waals surface area contributed by atoms with Crippen molar-refractivity contribution < 1.29 is 13.9 Å². The highest BCUT2D eigenvalue weighted by Gasteiger charge is 2.09. The summed E-state index contributed by atoms with van der Waals surface area (Å²) in [5.41, 5.74) is 0.971. The number of nitrogens with zero attached hydrogens (tertiary/aromatic N) is 1. The van der Waals surface area contributed by atoms with E-state index in [-0.39, 0.29) is 11.3 Å². The minimum Gasteiger partial charge on any atom is -0.489 e. The van der Waals surface area contributed by atoms with Gasteiger partial charge >= 0.3 is 0 Å². The van der Waals surface area contributed by atoms with Crippen LogP contribution in [0.1, 0.15) is 11.1 Å². The van der Waals surface area contributed by atoms with Crippen LogP contribution >= 0.6 is 0 Å². The van der Waals surface area contributed by atoms with Gasteiger partial charge in [-0.15, -0.1) is 0 Å². The molecule has 0 unspecified atom stereocenters. The second kappa shape index (κ2) is 7.30. The third-order valence-electron chi connectivity index (χ3n) is 3.39. The highest BCUT2D eigenvalue weighted by molar-refractivity contribution is 5.46. The summed E-state index contributed by atoms with van der Waals surface area (Å²) >= 11 is 0. The Morgan fingerprint density at radius 2 is 1.54 bits per heavy atom. The molecule has 0 aliphatic carbocycles. The zero-order valence-corrected chi connectivity index (χ0v) is 12.8. The number of hydrogen-bond donors (Lipinski definition) is 0. The second-order valence-electron chi connectivity index (χ2n) is 5.07. The quantitative estimate of drug-likeness (QED) is 0.659. The van der Waals surface area contributed by atoms with Gasteiger partial charge < -0.3 is 9.47 Å². The summed E-state index contributed by atoms with van der Waals surface area (Å²) < 4.78 is 24.8. The molecular formula is C20H14FNO2. The van der Waals surface area contributed by atoms with Crippen LogP contribution < -0.4 is 9.47 Å². The van der Waals surface area contributed by atoms with E-state index in [1.54, 1.807) is 30.3 Å². The Morgan fingerprint density at radius 3 is 2.25 bits per heavy atom. The molecule has 0 amide bonds. The predicted molar refractivity (Wildman–Crippen MR) is 88.4 cm³/mol. The van der Waals surface area contributed by atoms with Crippen molar-refractivity contribution in [3.63, 3.8) is 0 Å². The van der Waals surface area contributed by atoms with E-state index in [2.05, 4.69) is 0 Å². The topological polar surface area (TPSA) is 42.2 Å². The summed E-state index contributed by atoms with van der Waals surface area (Å²) in [4.78, 5) is 0. The molecule has 4 heteroatoms. The number of halogens is 1. The van der Waals surface area contributed by atoms with Crippen molar-refractivity contribution in [2.24, 2.45) is 0 Å². The average Bonchev–Trinajstić information content (AvgIpc) is 2.62. The van der Waals surface area contributed by atoms with Crippen molar-refractivity contribution in [1.82, 2.24) is 0 Å². The Balaban J connectivity index is 1.67. The van der Waals surface area contributed by atoms with Crippen molar-refractivity contribution in [2.75, 3.05) is 0 Å². The van der Waals surface area contributed by atoms with E-state index < -0.39 is 5.82 Å². The molecule has 0 heterocycles. The van der Waals surface area contributed by atoms with Crippen LogP contribution in [0.15, 0.2) is 72.8 Å². The van der Waals surface area contributed by atoms with Gasteiger partial charge in [-0.05, 0) is 42.0 Å². The predicted octanol–water partition coefficient (Wildman–Crippen LogP) is 5.07. The molecule has 0 atom stereocenters. The van der Waals surface area contributed by atoms with Crippen LogP contribution in [0.25, 0.3) is 0 Å². The lowest BCUT2D eigenvalue weighted by atomic mass is 10.2. The largest absolute Gasteiger partial charge is 0.489 e. The molecule has 118 valence electrons. The van der Waals surface area contributed by atoms with E-state index in [1.807, 2.05) is 36.4 Å². The molecule has 0 saturated heterocycles. The van der Waals surface area contributed by atoms with Gasteiger partial charge in [0, 0.05) is 0 Å². The van der Waals surface area contributed by atoms with E-state index in [0.29, 0.717) is 18.1 Å². The normalized spacial score (nSPS) is 10.0. The molecule has 24 heavy (non-hydrogen) atoms. The Morgan fingerprint density at radius 1 is 0.833 bits per heavy atom. The maximum Gasteiger partial charge on any atom is 0.148 e. The van der Waals surface area contributed by atoms with Crippen molar-refractivity contribution >= 4 is 0 Å². The molecule has 0 aromatic heterocycles. The van der Waals surface area contributed by atoms with E-state index in [0.717, 1.165) is 5.56 Å². The fourth-order valence-electron chi connectivity index (χ4n) is 2.17. The molecule has 0 aliphatic rings. The van der Waals surface area contributed by atoms with Crippen LogP contribution in [0.4, 0.5) is 4.39 Å². The number of rotatable bonds is 5. The molecular weight excluding hydrogens is 305 g/mol. The minimum atomic E-state index is -0.599. The van der Waals surface area contributed by atoms with Crippen molar-refractivity contribution in [1.29, 1.82) is 5.26 Å². The summed E-state index contributed by atoms with van der Waals surface area (Å²) in [5.74, 6) is 0.795. The van der Waals surface area contributed by atoms with Crippen LogP contribution in [0.5, 0.6) is 17.2 Å². The van der Waals surface area contributed by atoms with Gasteiger partial charge in [-0.25, -0.2) is 4.39 Å². The molecule has 3 nitrogen and oxygen atoms in total. The molecule has 0 spiro atoms. The maximum atomic E-state index is 13.6. The van der Waals surface area contributed by atoms with Crippen molar-refractivity contribution in [3.8, 4) is 23.3 Å². The fourth-order valence-corrected chi connectivity index (χ4v) is 2.17. The van der Waals surface area contributed by atoms with Crippen molar-refractivity contribution in [3.05, 3.63) is 89.7 Å². The number of hydrogen-bond acceptors (Lipinski definition) is 3. The zero-order chi connectivity index (χ0) is 16.8. The van der Waals surface area contributed by atoms with Crippen LogP contribution in [0.2, 0.25) is 0 Å². The average molecular weight is 319 g/mol. The summed E-state index contributed by atoms with van der Waals surface area (Å²) in [6, 6.07) is 22.9. The first-order valence-corrected chi connectivity index (χ1v) is 7.39. The first-order valence-electron chi connectivity index (χ1n) is 7.39. The highest BCUT2D eigenvalue weighted by atomic mass is 19.1. The molecule has 0 bridgehead atoms. The van der Waals surface area contributed by atoms with Gasteiger partial charge in [0.15, 0.2) is 0 Å². The zero-order valence-electron chi connectivity index (χ0n) is 12.8. The first kappa shape index (κ1) is 15.6. The summed E-state index contributed by atoms with van der Waals surface area (Å²) in [7, 11) is 0. The van der Waals surface area contributed by atoms with Gasteiger partial charge in [0.05, 0.1) is 0 Å². The third-order valence-corrected chi connectivity index (χ3v) is 3.39. The van der Waals surface area contributed by atoms with Crippen LogP contribution in [0, 0.1) is 17.1 Å². The second-order valence-corrected chi connectivity index (χ2v) is 5.07. The Kier molecular flexibility index (Phi) is 4.73. The lowest BCUT2D eigenvalue weighted by Gasteiger charge is -2.09. The van der Waals surface area contributed by atoms with Gasteiger partial charge in [0.2, 0.25) is 0 Å². The molecule has 0 aliphatic heterocycles. The summed E-state index contributed by atoms with van der Waals surface area (Å²) in [6.07, 6.45) is 0. The number of nitriles is 1. The highest BCUT2D eigenvalue weighted by Crippen LogP contribution is 2.28. The Hall–Kier alpha value is -3.32. The smallest absolute Gasteiger partial charge is 0.148 e. The number of ether oxygens (including phenoxy) is 2. The van der Waals surface area contributed by atoms with Crippen LogP contribution in [-0.4, -0.2) is 0 Å². The van der Waals surface area contributed by atoms with E-state index in [4.69, 9.17) is 14.7 Å². The van der Waals surface area contributed by atoms with Crippen molar-refractivity contribution in [2.45, 2.75) is 6.61 Å². The van der Waals surface area contributed by atoms with Gasteiger partial charge in [0.25, 0.3) is 0 Å². The van der Waals surface area contributed by atoms with E-state index in [9.17, 15) is 4.39 Å². The fraction of sp³-hybridized carbons (Fsp3) is 0.0500. The SMILES string of the molecule is N#Cc1c(F)cccc1Oc1ccc(OCc2ccccc2)cc1. The molecule has 0 radical (unpaired) electrons. The molecule has 3 aromatic carbocycles. The Bertz CT molecular complexity index is 855. The van der Waals surface area contributed by atoms with Crippen LogP contribution in [-0.2, 0) is 6.61 Å². The molecule has 0 fully saturated rings. The minimum absolute atomic E-state index is 0.109. The maximum absolute atomic E-state index is 13.6. The Labute approximate surface area is 139 Å². The molecule has 3 rings (SSSR count). The molecule has 0 saturated carbocycles. The lowest BCUT2D eigenvalue weighted by Crippen LogP contribution is -1.95. The van der Waals surface area contributed by atoms with Gasteiger partial charge in [-0.1, -0.05) is 36.4 Å². The summed E-state index contributed by atoms with van der Waals surface area (Å²) in [5, 5.41) is 9.01. The van der Waals surface area contributed by atoms with Gasteiger partial charge in [-0.2, -0.15) is 5.26 Å². The lowest BCUT2D eigenvalue weighted by molar-refractivity contribution is 0.306. The number of benzene rings is 3. The first-order chi connectivity index (χ1) is 11.8. The third kappa shape index (κ3) is 3.71. The standard InChI is InChI=1S/C20H14FNO2/c21-19-7-4-8-20(18(19)13-22)24-17-11-9-16(10-12-17)23-14-15-5-2-1-3-6-15/h1-12H,14H2. The van der Waals surface area contributed by atoms with E-state index in [1.165, 1.54) is 12.1 Å². The van der Waals surface area contributed by atoms with Gasteiger partial charge in [0.1, 0.15) is 41.3 Å². The van der Waals surface area contributed by atoms with Crippen LogP contribution in [0.3, 0.4) is 0 Å². The van der Waals surface area contributed by atoms with Gasteiger partial charge in [-0.3, -0.25) is 0 Å².